The summed E-state index contributed by atoms with van der Waals surface area (Å²) in [6.45, 7) is -0.601. The van der Waals surface area contributed by atoms with E-state index in [2.05, 4.69) is 14.7 Å². The summed E-state index contributed by atoms with van der Waals surface area (Å²) in [6.07, 6.45) is 0. The van der Waals surface area contributed by atoms with Crippen LogP contribution in [0.4, 0.5) is 22.0 Å². The number of aliphatic hydroxyl groups excluding tert-OH is 1. The maximum Gasteiger partial charge on any atom is 0.264 e. The van der Waals surface area contributed by atoms with E-state index in [-0.39, 0.29) is 5.82 Å². The van der Waals surface area contributed by atoms with Gasteiger partial charge >= 0.3 is 0 Å². The summed E-state index contributed by atoms with van der Waals surface area (Å²) >= 11 is 0. The van der Waals surface area contributed by atoms with Gasteiger partial charge in [-0.2, -0.15) is 4.98 Å². The third-order valence-electron chi connectivity index (χ3n) is 2.39. The molecule has 0 fully saturated rings. The van der Waals surface area contributed by atoms with Crippen LogP contribution in [0.1, 0.15) is 11.9 Å². The third kappa shape index (κ3) is 2.12. The highest BCUT2D eigenvalue weighted by molar-refractivity contribution is 5.55. The lowest BCUT2D eigenvalue weighted by molar-refractivity contribution is 0.260. The van der Waals surface area contributed by atoms with Gasteiger partial charge in [0.15, 0.2) is 29.1 Å². The maximum atomic E-state index is 13.5. The molecule has 20 heavy (non-hydrogen) atoms. The third-order valence-corrected chi connectivity index (χ3v) is 2.39. The van der Waals surface area contributed by atoms with E-state index in [1.54, 1.807) is 0 Å². The van der Waals surface area contributed by atoms with Gasteiger partial charge in [-0.1, -0.05) is 5.16 Å². The first kappa shape index (κ1) is 14.3. The normalized spacial score (nSPS) is 12.8. The van der Waals surface area contributed by atoms with Crippen molar-refractivity contribution in [3.05, 3.63) is 34.9 Å². The van der Waals surface area contributed by atoms with Crippen LogP contribution in [0.25, 0.3) is 11.5 Å². The molecule has 0 saturated carbocycles. The van der Waals surface area contributed by atoms with Crippen LogP contribution >= 0.6 is 0 Å². The zero-order chi connectivity index (χ0) is 15.0. The van der Waals surface area contributed by atoms with E-state index in [0.717, 1.165) is 0 Å². The Morgan fingerprint density at radius 1 is 1.00 bits per heavy atom. The van der Waals surface area contributed by atoms with Crippen LogP contribution in [0.2, 0.25) is 0 Å². The van der Waals surface area contributed by atoms with Gasteiger partial charge < -0.3 is 15.4 Å². The summed E-state index contributed by atoms with van der Waals surface area (Å²) in [5.41, 5.74) is 3.96. The number of aromatic nitrogens is 2. The van der Waals surface area contributed by atoms with E-state index in [0.29, 0.717) is 0 Å². The molecule has 1 heterocycles. The molecule has 108 valence electrons. The van der Waals surface area contributed by atoms with Crippen LogP contribution in [-0.2, 0) is 0 Å². The Kier molecular flexibility index (Phi) is 3.68. The summed E-state index contributed by atoms with van der Waals surface area (Å²) < 4.78 is 70.2. The number of benzene rings is 1. The zero-order valence-electron chi connectivity index (χ0n) is 9.50. The van der Waals surface area contributed by atoms with Gasteiger partial charge in [0.1, 0.15) is 5.56 Å². The highest BCUT2D eigenvalue weighted by Gasteiger charge is 2.30. The molecule has 0 aliphatic carbocycles. The molecule has 5 nitrogen and oxygen atoms in total. The lowest BCUT2D eigenvalue weighted by Gasteiger charge is -2.04. The van der Waals surface area contributed by atoms with E-state index in [1.807, 2.05) is 0 Å². The number of hydrogen-bond donors (Lipinski definition) is 2. The van der Waals surface area contributed by atoms with Crippen molar-refractivity contribution in [1.82, 2.24) is 10.1 Å². The molecule has 2 aromatic rings. The lowest BCUT2D eigenvalue weighted by Crippen LogP contribution is -2.16. The minimum absolute atomic E-state index is 0.341. The fraction of sp³-hybridized carbons (Fsp3) is 0.200. The van der Waals surface area contributed by atoms with E-state index >= 15 is 0 Å². The number of hydrogen-bond acceptors (Lipinski definition) is 5. The van der Waals surface area contributed by atoms with Crippen molar-refractivity contribution in [3.63, 3.8) is 0 Å². The van der Waals surface area contributed by atoms with Crippen LogP contribution in [0.3, 0.4) is 0 Å². The molecule has 0 aliphatic heterocycles. The summed E-state index contributed by atoms with van der Waals surface area (Å²) in [5, 5.41) is 11.9. The van der Waals surface area contributed by atoms with Gasteiger partial charge in [-0.05, 0) is 0 Å². The largest absolute Gasteiger partial charge is 0.394 e. The average molecular weight is 295 g/mol. The standard InChI is InChI=1S/C10H6F5N3O2/c11-4-3(5(12)7(14)8(15)6(4)13)10-17-9(18-20-10)2(16)1-19/h2,19H,1,16H2. The molecule has 1 aromatic carbocycles. The van der Waals surface area contributed by atoms with Crippen LogP contribution < -0.4 is 5.73 Å². The molecule has 3 N–H and O–H groups in total. The average Bonchev–Trinajstić information content (AvgIpc) is 2.92. The van der Waals surface area contributed by atoms with Gasteiger partial charge in [0, 0.05) is 0 Å². The van der Waals surface area contributed by atoms with Crippen molar-refractivity contribution >= 4 is 0 Å². The fourth-order valence-corrected chi connectivity index (χ4v) is 1.36. The van der Waals surface area contributed by atoms with Gasteiger partial charge in [0.25, 0.3) is 5.89 Å². The molecular formula is C10H6F5N3O2. The van der Waals surface area contributed by atoms with Crippen molar-refractivity contribution in [3.8, 4) is 11.5 Å². The Labute approximate surface area is 107 Å². The summed E-state index contributed by atoms with van der Waals surface area (Å²) in [6, 6.07) is -1.12. The number of nitrogens with two attached hydrogens (primary N) is 1. The van der Waals surface area contributed by atoms with Gasteiger partial charge in [0.2, 0.25) is 5.82 Å². The number of rotatable bonds is 3. The molecule has 2 rings (SSSR count). The van der Waals surface area contributed by atoms with E-state index < -0.39 is 53.2 Å². The Morgan fingerprint density at radius 3 is 2.00 bits per heavy atom. The van der Waals surface area contributed by atoms with Gasteiger partial charge in [-0.25, -0.2) is 22.0 Å². The SMILES string of the molecule is NC(CO)c1noc(-c2c(F)c(F)c(F)c(F)c2F)n1. The molecule has 0 aliphatic rings. The topological polar surface area (TPSA) is 85.2 Å². The first-order valence-electron chi connectivity index (χ1n) is 5.10. The van der Waals surface area contributed by atoms with Crippen molar-refractivity contribution in [2.45, 2.75) is 6.04 Å². The van der Waals surface area contributed by atoms with Gasteiger partial charge in [-0.15, -0.1) is 0 Å². The van der Waals surface area contributed by atoms with E-state index in [4.69, 9.17) is 10.8 Å². The Balaban J connectivity index is 2.61. The molecule has 0 bridgehead atoms. The van der Waals surface area contributed by atoms with Gasteiger partial charge in [0.05, 0.1) is 12.6 Å². The number of nitrogens with zero attached hydrogens (tertiary/aromatic N) is 2. The van der Waals surface area contributed by atoms with Crippen LogP contribution in [-0.4, -0.2) is 21.9 Å². The highest BCUT2D eigenvalue weighted by Crippen LogP contribution is 2.30. The second-order valence-electron chi connectivity index (χ2n) is 3.69. The number of aliphatic hydroxyl groups is 1. The zero-order valence-corrected chi connectivity index (χ0v) is 9.50. The maximum absolute atomic E-state index is 13.5. The fourth-order valence-electron chi connectivity index (χ4n) is 1.36. The van der Waals surface area contributed by atoms with Crippen molar-refractivity contribution in [1.29, 1.82) is 0 Å². The molecular weight excluding hydrogens is 289 g/mol. The van der Waals surface area contributed by atoms with Crippen molar-refractivity contribution in [2.75, 3.05) is 6.61 Å². The van der Waals surface area contributed by atoms with Crippen LogP contribution in [0, 0.1) is 29.1 Å². The quantitative estimate of drug-likeness (QED) is 0.508. The summed E-state index contributed by atoms with van der Waals surface area (Å²) in [7, 11) is 0. The van der Waals surface area contributed by atoms with Crippen LogP contribution in [0.15, 0.2) is 4.52 Å². The highest BCUT2D eigenvalue weighted by atomic mass is 19.2. The molecule has 1 aromatic heterocycles. The molecule has 0 saturated heterocycles. The Hall–Kier alpha value is -2.07. The van der Waals surface area contributed by atoms with E-state index in [1.165, 1.54) is 0 Å². The molecule has 0 amide bonds. The monoisotopic (exact) mass is 295 g/mol. The van der Waals surface area contributed by atoms with Crippen molar-refractivity contribution < 1.29 is 31.6 Å². The lowest BCUT2D eigenvalue weighted by atomic mass is 10.1. The van der Waals surface area contributed by atoms with Crippen molar-refractivity contribution in [2.24, 2.45) is 5.73 Å². The second kappa shape index (κ2) is 5.13. The smallest absolute Gasteiger partial charge is 0.264 e. The summed E-state index contributed by atoms with van der Waals surface area (Å²) in [5.74, 6) is -12.0. The Morgan fingerprint density at radius 2 is 1.50 bits per heavy atom. The predicted octanol–water partition coefficient (Wildman–Crippen LogP) is 1.42. The van der Waals surface area contributed by atoms with Gasteiger partial charge in [-0.3, -0.25) is 0 Å². The molecule has 0 spiro atoms. The first-order chi connectivity index (χ1) is 9.38. The summed E-state index contributed by atoms with van der Waals surface area (Å²) in [4.78, 5) is 3.39. The predicted molar refractivity (Wildman–Crippen MR) is 53.5 cm³/mol. The molecule has 1 unspecified atom stereocenters. The minimum Gasteiger partial charge on any atom is -0.394 e. The number of halogens is 5. The minimum atomic E-state index is -2.30. The Bertz CT molecular complexity index is 632. The van der Waals surface area contributed by atoms with Crippen LogP contribution in [0.5, 0.6) is 0 Å². The molecule has 10 heteroatoms. The molecule has 0 radical (unpaired) electrons. The molecule has 1 atom stereocenters. The second-order valence-corrected chi connectivity index (χ2v) is 3.69. The van der Waals surface area contributed by atoms with E-state index in [9.17, 15) is 22.0 Å². The first-order valence-corrected chi connectivity index (χ1v) is 5.10.